The molecule has 2 fully saturated rings. The molecule has 0 unspecified atom stereocenters. The summed E-state index contributed by atoms with van der Waals surface area (Å²) in [6.45, 7) is 7.90. The van der Waals surface area contributed by atoms with E-state index in [1.54, 1.807) is 0 Å². The molecule has 1 saturated carbocycles. The first kappa shape index (κ1) is 22.1. The maximum absolute atomic E-state index is 12.4. The van der Waals surface area contributed by atoms with E-state index in [0.29, 0.717) is 6.54 Å². The van der Waals surface area contributed by atoms with Gasteiger partial charge in [-0.1, -0.05) is 37.5 Å². The fourth-order valence-electron chi connectivity index (χ4n) is 4.71. The highest BCUT2D eigenvalue weighted by atomic mass is 16.2. The van der Waals surface area contributed by atoms with Crippen molar-refractivity contribution in [2.45, 2.75) is 44.9 Å². The molecule has 1 aromatic carbocycles. The molecule has 1 N–H and O–H groups in total. The molecule has 1 aliphatic carbocycles. The summed E-state index contributed by atoms with van der Waals surface area (Å²) in [5.74, 6) is 1.08. The third-order valence-electron chi connectivity index (χ3n) is 6.48. The topological polar surface area (TPSA) is 38.8 Å². The van der Waals surface area contributed by atoms with Crippen LogP contribution in [0.1, 0.15) is 44.9 Å². The van der Waals surface area contributed by atoms with Gasteiger partial charge in [0.25, 0.3) is 0 Å². The molecule has 0 bridgehead atoms. The number of rotatable bonds is 9. The molecule has 29 heavy (non-hydrogen) atoms. The van der Waals surface area contributed by atoms with Crippen LogP contribution < -0.4 is 10.2 Å². The Hall–Kier alpha value is -1.59. The van der Waals surface area contributed by atoms with Gasteiger partial charge in [0, 0.05) is 45.5 Å². The van der Waals surface area contributed by atoms with Gasteiger partial charge in [-0.25, -0.2) is 0 Å². The summed E-state index contributed by atoms with van der Waals surface area (Å²) in [6, 6.07) is 10.4. The summed E-state index contributed by atoms with van der Waals surface area (Å²) in [4.78, 5) is 19.6. The summed E-state index contributed by atoms with van der Waals surface area (Å²) in [5.41, 5.74) is 1.22. The molecule has 1 heterocycles. The maximum atomic E-state index is 12.4. The third kappa shape index (κ3) is 7.98. The smallest absolute Gasteiger partial charge is 0.234 e. The molecular weight excluding hydrogens is 360 g/mol. The number of nitrogens with one attached hydrogen (secondary N) is 1. The summed E-state index contributed by atoms with van der Waals surface area (Å²) in [7, 11) is 2.10. The molecule has 1 amide bonds. The van der Waals surface area contributed by atoms with Crippen LogP contribution >= 0.6 is 0 Å². The van der Waals surface area contributed by atoms with Gasteiger partial charge in [-0.05, 0) is 56.8 Å². The molecule has 1 saturated heterocycles. The van der Waals surface area contributed by atoms with Crippen molar-refractivity contribution in [3.05, 3.63) is 30.3 Å². The number of hydrogen-bond donors (Lipinski definition) is 1. The van der Waals surface area contributed by atoms with Crippen molar-refractivity contribution in [3.8, 4) is 0 Å². The first-order valence-corrected chi connectivity index (χ1v) is 11.7. The van der Waals surface area contributed by atoms with E-state index in [4.69, 9.17) is 0 Å². The summed E-state index contributed by atoms with van der Waals surface area (Å²) in [6.07, 6.45) is 9.26. The highest BCUT2D eigenvalue weighted by Crippen LogP contribution is 2.24. The van der Waals surface area contributed by atoms with E-state index in [9.17, 15) is 4.79 Å². The second kappa shape index (κ2) is 12.2. The zero-order valence-electron chi connectivity index (χ0n) is 18.3. The van der Waals surface area contributed by atoms with Gasteiger partial charge in [0.1, 0.15) is 0 Å². The van der Waals surface area contributed by atoms with Gasteiger partial charge in [0.2, 0.25) is 5.91 Å². The second-order valence-corrected chi connectivity index (χ2v) is 8.89. The minimum atomic E-state index is 0.174. The van der Waals surface area contributed by atoms with Crippen LogP contribution in [-0.4, -0.2) is 75.1 Å². The molecule has 1 aromatic rings. The van der Waals surface area contributed by atoms with E-state index in [1.165, 1.54) is 57.3 Å². The number of carbonyl (C=O) groups is 1. The molecule has 0 atom stereocenters. The number of para-hydroxylation sites is 1. The van der Waals surface area contributed by atoms with E-state index in [-0.39, 0.29) is 5.91 Å². The van der Waals surface area contributed by atoms with E-state index in [2.05, 4.69) is 51.3 Å². The number of hydrogen-bond acceptors (Lipinski definition) is 4. The average molecular weight is 401 g/mol. The van der Waals surface area contributed by atoms with Crippen molar-refractivity contribution < 1.29 is 4.79 Å². The molecule has 1 aliphatic heterocycles. The Morgan fingerprint density at radius 2 is 1.72 bits per heavy atom. The van der Waals surface area contributed by atoms with Gasteiger partial charge in [0.05, 0.1) is 6.54 Å². The lowest BCUT2D eigenvalue weighted by atomic mass is 9.89. The molecule has 2 aliphatic rings. The Morgan fingerprint density at radius 3 is 2.52 bits per heavy atom. The molecule has 0 aromatic heterocycles. The molecular formula is C24H40N4O. The molecule has 5 heteroatoms. The highest BCUT2D eigenvalue weighted by Gasteiger charge is 2.21. The number of benzene rings is 1. The number of nitrogens with zero attached hydrogens (tertiary/aromatic N) is 3. The average Bonchev–Trinajstić information content (AvgIpc) is 2.97. The molecule has 5 nitrogen and oxygen atoms in total. The fraction of sp³-hybridized carbons (Fsp3) is 0.708. The molecule has 3 rings (SSSR count). The SMILES string of the molecule is CN(CCCNC(=O)CN1CCCN(CC2CCCCC2)CC1)c1ccccc1. The largest absolute Gasteiger partial charge is 0.375 e. The van der Waals surface area contributed by atoms with Crippen molar-refractivity contribution in [2.75, 3.05) is 64.3 Å². The fourth-order valence-corrected chi connectivity index (χ4v) is 4.71. The summed E-state index contributed by atoms with van der Waals surface area (Å²) >= 11 is 0. The van der Waals surface area contributed by atoms with Crippen LogP contribution in [0.4, 0.5) is 5.69 Å². The zero-order chi connectivity index (χ0) is 20.3. The third-order valence-corrected chi connectivity index (χ3v) is 6.48. The molecule has 0 spiro atoms. The minimum absolute atomic E-state index is 0.174. The zero-order valence-corrected chi connectivity index (χ0v) is 18.3. The normalized spacial score (nSPS) is 19.6. The van der Waals surface area contributed by atoms with Crippen LogP contribution in [0.5, 0.6) is 0 Å². The van der Waals surface area contributed by atoms with Crippen molar-refractivity contribution >= 4 is 11.6 Å². The predicted octanol–water partition coefficient (Wildman–Crippen LogP) is 3.22. The van der Waals surface area contributed by atoms with Crippen molar-refractivity contribution in [1.29, 1.82) is 0 Å². The molecule has 0 radical (unpaired) electrons. The number of carbonyl (C=O) groups excluding carboxylic acids is 1. The minimum Gasteiger partial charge on any atom is -0.375 e. The van der Waals surface area contributed by atoms with Crippen LogP contribution in [0.2, 0.25) is 0 Å². The van der Waals surface area contributed by atoms with Gasteiger partial charge in [0.15, 0.2) is 0 Å². The first-order valence-electron chi connectivity index (χ1n) is 11.7. The van der Waals surface area contributed by atoms with Crippen LogP contribution in [0.3, 0.4) is 0 Å². The van der Waals surface area contributed by atoms with Crippen LogP contribution in [-0.2, 0) is 4.79 Å². The van der Waals surface area contributed by atoms with Gasteiger partial charge >= 0.3 is 0 Å². The lowest BCUT2D eigenvalue weighted by molar-refractivity contribution is -0.122. The summed E-state index contributed by atoms with van der Waals surface area (Å²) in [5, 5.41) is 3.11. The van der Waals surface area contributed by atoms with Gasteiger partial charge < -0.3 is 15.1 Å². The lowest BCUT2D eigenvalue weighted by Gasteiger charge is -2.28. The number of anilines is 1. The van der Waals surface area contributed by atoms with Crippen LogP contribution in [0, 0.1) is 5.92 Å². The monoisotopic (exact) mass is 400 g/mol. The Balaban J connectivity index is 1.28. The van der Waals surface area contributed by atoms with Crippen molar-refractivity contribution in [2.24, 2.45) is 5.92 Å². The van der Waals surface area contributed by atoms with E-state index >= 15 is 0 Å². The van der Waals surface area contributed by atoms with Crippen molar-refractivity contribution in [3.63, 3.8) is 0 Å². The Kier molecular flexibility index (Phi) is 9.29. The Bertz CT molecular complexity index is 588. The van der Waals surface area contributed by atoms with Crippen LogP contribution in [0.15, 0.2) is 30.3 Å². The predicted molar refractivity (Wildman–Crippen MR) is 121 cm³/mol. The number of amides is 1. The quantitative estimate of drug-likeness (QED) is 0.646. The van der Waals surface area contributed by atoms with Crippen LogP contribution in [0.25, 0.3) is 0 Å². The van der Waals surface area contributed by atoms with E-state index in [1.807, 2.05) is 6.07 Å². The Labute approximate surface area is 177 Å². The lowest BCUT2D eigenvalue weighted by Crippen LogP contribution is -2.40. The maximum Gasteiger partial charge on any atom is 0.234 e. The van der Waals surface area contributed by atoms with Gasteiger partial charge in [-0.15, -0.1) is 0 Å². The van der Waals surface area contributed by atoms with E-state index < -0.39 is 0 Å². The van der Waals surface area contributed by atoms with Crippen molar-refractivity contribution in [1.82, 2.24) is 15.1 Å². The van der Waals surface area contributed by atoms with Gasteiger partial charge in [-0.3, -0.25) is 9.69 Å². The summed E-state index contributed by atoms with van der Waals surface area (Å²) < 4.78 is 0. The Morgan fingerprint density at radius 1 is 1.00 bits per heavy atom. The standard InChI is InChI=1S/C24H40N4O/c1-26(23-12-6-3-7-13-23)15-8-14-25-24(29)21-28-17-9-16-27(18-19-28)20-22-10-4-2-5-11-22/h3,6-7,12-13,22H,2,4-5,8-11,14-21H2,1H3,(H,25,29). The highest BCUT2D eigenvalue weighted by molar-refractivity contribution is 5.77. The second-order valence-electron chi connectivity index (χ2n) is 8.89. The van der Waals surface area contributed by atoms with Gasteiger partial charge in [-0.2, -0.15) is 0 Å². The first-order chi connectivity index (χ1) is 14.2. The molecule has 162 valence electrons. The van der Waals surface area contributed by atoms with E-state index in [0.717, 1.165) is 45.1 Å².